The summed E-state index contributed by atoms with van der Waals surface area (Å²) in [5.41, 5.74) is 6.81. The van der Waals surface area contributed by atoms with Crippen molar-refractivity contribution in [2.45, 2.75) is 13.8 Å². The molecule has 4 N–H and O–H groups in total. The Bertz CT molecular complexity index is 2230. The van der Waals surface area contributed by atoms with Crippen LogP contribution in [0, 0.1) is 20.2 Å². The number of halogens is 3. The molecule has 0 saturated carbocycles. The average Bonchev–Trinajstić information content (AvgIpc) is 3.02. The highest BCUT2D eigenvalue weighted by Gasteiger charge is 2.18. The predicted molar refractivity (Wildman–Crippen MR) is 187 cm³/mol. The number of hydrogen-bond donors (Lipinski definition) is 3. The zero-order valence-electron chi connectivity index (χ0n) is 24.9. The van der Waals surface area contributed by atoms with E-state index in [1.807, 2.05) is 18.2 Å². The summed E-state index contributed by atoms with van der Waals surface area (Å²) in [6.07, 6.45) is 4.53. The van der Waals surface area contributed by atoms with Crippen LogP contribution in [0.4, 0.5) is 28.4 Å². The zero-order chi connectivity index (χ0) is 35.1. The van der Waals surface area contributed by atoms with Crippen molar-refractivity contribution in [3.63, 3.8) is 0 Å². The summed E-state index contributed by atoms with van der Waals surface area (Å²) >= 11 is 17.3. The lowest BCUT2D eigenvalue weighted by atomic mass is 10.1. The Morgan fingerprint density at radius 2 is 1.19 bits per heavy atom. The molecule has 2 amide bonds. The summed E-state index contributed by atoms with van der Waals surface area (Å²) in [6, 6.07) is 16.1. The molecule has 0 aliphatic rings. The Morgan fingerprint density at radius 3 is 1.77 bits per heavy atom. The van der Waals surface area contributed by atoms with Crippen molar-refractivity contribution in [3.8, 4) is 0 Å². The first-order valence-electron chi connectivity index (χ1n) is 13.6. The number of fused-ring (bicyclic) bond motifs is 3. The summed E-state index contributed by atoms with van der Waals surface area (Å²) in [7, 11) is 0. The van der Waals surface area contributed by atoms with E-state index in [0.717, 1.165) is 16.5 Å². The average molecular weight is 710 g/mol. The topological polar surface area (TPSA) is 209 Å². The second kappa shape index (κ2) is 15.3. The second-order valence-corrected chi connectivity index (χ2v) is 11.0. The minimum absolute atomic E-state index is 0.0803. The van der Waals surface area contributed by atoms with Gasteiger partial charge in [0.2, 0.25) is 11.8 Å². The fourth-order valence-electron chi connectivity index (χ4n) is 4.46. The number of amides is 2. The second-order valence-electron chi connectivity index (χ2n) is 9.82. The number of non-ortho nitro benzene ring substituents is 1. The van der Waals surface area contributed by atoms with Crippen molar-refractivity contribution < 1.29 is 19.4 Å². The molecule has 3 aromatic heterocycles. The standard InChI is InChI=1S/2C11H8ClN3O3.C9H7ClN2/c1-6(16)14-9-2-3-10(15(17)18)8-5-13-11(12)4-7(8)9;1-6(16)14-11-8-4-10(12)13-5-7(8)2-3-9(11)15(17)18;10-9-4-7-6(5-12-9)2-1-3-8(7)11/h2*2-5H,1H3,(H,14,16);1-5H,11H2. The summed E-state index contributed by atoms with van der Waals surface area (Å²) in [5.74, 6) is -0.656. The van der Waals surface area contributed by atoms with E-state index in [9.17, 15) is 29.8 Å². The van der Waals surface area contributed by atoms with Gasteiger partial charge in [-0.15, -0.1) is 0 Å². The van der Waals surface area contributed by atoms with Crippen LogP contribution in [-0.4, -0.2) is 36.6 Å². The molecule has 0 bridgehead atoms. The number of nitrogens with two attached hydrogens (primary N) is 1. The van der Waals surface area contributed by atoms with E-state index in [2.05, 4.69) is 25.6 Å². The van der Waals surface area contributed by atoms with E-state index in [-0.39, 0.29) is 33.3 Å². The molecule has 48 heavy (non-hydrogen) atoms. The molecule has 6 rings (SSSR count). The van der Waals surface area contributed by atoms with Gasteiger partial charge in [0.1, 0.15) is 21.1 Å². The third kappa shape index (κ3) is 8.55. The van der Waals surface area contributed by atoms with Crippen LogP contribution >= 0.6 is 34.8 Å². The number of nitro groups is 2. The normalized spacial score (nSPS) is 10.4. The van der Waals surface area contributed by atoms with Gasteiger partial charge in [0, 0.05) is 82.9 Å². The number of carbonyl (C=O) groups is 2. The van der Waals surface area contributed by atoms with Gasteiger partial charge in [-0.05, 0) is 36.4 Å². The molecule has 17 heteroatoms. The number of rotatable bonds is 4. The summed E-state index contributed by atoms with van der Waals surface area (Å²) in [6.45, 7) is 2.64. The molecule has 3 heterocycles. The maximum absolute atomic E-state index is 11.1. The van der Waals surface area contributed by atoms with E-state index < -0.39 is 15.8 Å². The molecule has 244 valence electrons. The highest BCUT2D eigenvalue weighted by Crippen LogP contribution is 2.34. The third-order valence-corrected chi connectivity index (χ3v) is 7.08. The molecule has 0 aliphatic heterocycles. The largest absolute Gasteiger partial charge is 0.398 e. The monoisotopic (exact) mass is 708 g/mol. The lowest BCUT2D eigenvalue weighted by Crippen LogP contribution is -2.08. The fourth-order valence-corrected chi connectivity index (χ4v) is 4.94. The Morgan fingerprint density at radius 1 is 0.667 bits per heavy atom. The Labute approximate surface area is 286 Å². The number of anilines is 3. The number of hydrogen-bond acceptors (Lipinski definition) is 10. The van der Waals surface area contributed by atoms with Crippen LogP contribution in [-0.2, 0) is 9.59 Å². The van der Waals surface area contributed by atoms with Gasteiger partial charge in [-0.1, -0.05) is 46.9 Å². The molecule has 0 saturated heterocycles. The smallest absolute Gasteiger partial charge is 0.293 e. The van der Waals surface area contributed by atoms with Crippen molar-refractivity contribution in [3.05, 3.63) is 115 Å². The quantitative estimate of drug-likeness (QED) is 0.0695. The highest BCUT2D eigenvalue weighted by atomic mass is 35.5. The minimum atomic E-state index is -0.557. The van der Waals surface area contributed by atoms with Crippen LogP contribution in [0.1, 0.15) is 13.8 Å². The highest BCUT2D eigenvalue weighted by molar-refractivity contribution is 6.31. The Kier molecular flexibility index (Phi) is 11.2. The van der Waals surface area contributed by atoms with E-state index in [4.69, 9.17) is 40.5 Å². The van der Waals surface area contributed by atoms with E-state index in [0.29, 0.717) is 32.4 Å². The molecule has 0 radical (unpaired) electrons. The Hall–Kier alpha value is -5.70. The van der Waals surface area contributed by atoms with Crippen molar-refractivity contribution >= 4 is 107 Å². The number of pyridine rings is 3. The molecular formula is C31H23Cl3N8O6. The van der Waals surface area contributed by atoms with Gasteiger partial charge in [-0.25, -0.2) is 15.0 Å². The fraction of sp³-hybridized carbons (Fsp3) is 0.0645. The molecule has 14 nitrogen and oxygen atoms in total. The third-order valence-electron chi connectivity index (χ3n) is 6.46. The van der Waals surface area contributed by atoms with Gasteiger partial charge in [0.25, 0.3) is 11.4 Å². The molecule has 0 fully saturated rings. The van der Waals surface area contributed by atoms with Crippen LogP contribution < -0.4 is 16.4 Å². The number of benzene rings is 3. The van der Waals surface area contributed by atoms with Gasteiger partial charge < -0.3 is 16.4 Å². The lowest BCUT2D eigenvalue weighted by Gasteiger charge is -2.07. The van der Waals surface area contributed by atoms with E-state index in [1.54, 1.807) is 18.3 Å². The van der Waals surface area contributed by atoms with E-state index in [1.165, 1.54) is 56.6 Å². The first-order chi connectivity index (χ1) is 22.7. The number of nitro benzene ring substituents is 2. The van der Waals surface area contributed by atoms with Crippen LogP contribution in [0.25, 0.3) is 32.3 Å². The van der Waals surface area contributed by atoms with Gasteiger partial charge >= 0.3 is 0 Å². The van der Waals surface area contributed by atoms with Crippen LogP contribution in [0.5, 0.6) is 0 Å². The molecular weight excluding hydrogens is 687 g/mol. The van der Waals surface area contributed by atoms with Gasteiger partial charge in [0.05, 0.1) is 15.2 Å². The SMILES string of the molecule is CC(=O)Nc1c([N+](=O)[O-])ccc2cnc(Cl)cc12.CC(=O)Nc1ccc([N+](=O)[O-])c2cnc(Cl)cc12.Nc1cccc2cnc(Cl)cc12. The van der Waals surface area contributed by atoms with Crippen LogP contribution in [0.2, 0.25) is 15.5 Å². The zero-order valence-corrected chi connectivity index (χ0v) is 27.2. The number of nitrogen functional groups attached to an aromatic ring is 1. The summed E-state index contributed by atoms with van der Waals surface area (Å²) < 4.78 is 0. The first kappa shape index (κ1) is 35.2. The maximum Gasteiger partial charge on any atom is 0.293 e. The lowest BCUT2D eigenvalue weighted by molar-refractivity contribution is -0.383. The molecule has 0 atom stereocenters. The number of nitrogens with zero attached hydrogens (tertiary/aromatic N) is 5. The number of nitrogens with one attached hydrogen (secondary N) is 2. The molecule has 0 aliphatic carbocycles. The number of carbonyl (C=O) groups excluding carboxylic acids is 2. The van der Waals surface area contributed by atoms with Crippen molar-refractivity contribution in [2.75, 3.05) is 16.4 Å². The summed E-state index contributed by atoms with van der Waals surface area (Å²) in [4.78, 5) is 54.6. The maximum atomic E-state index is 11.1. The molecule has 0 unspecified atom stereocenters. The van der Waals surface area contributed by atoms with Crippen molar-refractivity contribution in [1.29, 1.82) is 0 Å². The van der Waals surface area contributed by atoms with E-state index >= 15 is 0 Å². The van der Waals surface area contributed by atoms with Crippen LogP contribution in [0.15, 0.2) is 79.3 Å². The van der Waals surface area contributed by atoms with Crippen molar-refractivity contribution in [1.82, 2.24) is 15.0 Å². The Balaban J connectivity index is 0.000000166. The van der Waals surface area contributed by atoms with Gasteiger partial charge in [0.15, 0.2) is 0 Å². The minimum Gasteiger partial charge on any atom is -0.398 e. The van der Waals surface area contributed by atoms with Crippen LogP contribution in [0.3, 0.4) is 0 Å². The molecule has 0 spiro atoms. The first-order valence-corrected chi connectivity index (χ1v) is 14.7. The summed E-state index contributed by atoms with van der Waals surface area (Å²) in [5, 5.41) is 31.7. The molecule has 3 aromatic carbocycles. The van der Waals surface area contributed by atoms with Gasteiger partial charge in [-0.3, -0.25) is 29.8 Å². The molecule has 6 aromatic rings. The predicted octanol–water partition coefficient (Wildman–Crippen LogP) is 7.98. The number of aromatic nitrogens is 3. The van der Waals surface area contributed by atoms with Crippen molar-refractivity contribution in [2.24, 2.45) is 0 Å². The van der Waals surface area contributed by atoms with Gasteiger partial charge in [-0.2, -0.15) is 0 Å².